The molecule has 1 aliphatic rings. The maximum atomic E-state index is 16.3. The molecule has 76 heavy (non-hydrogen) atoms. The molecule has 0 radical (unpaired) electrons. The van der Waals surface area contributed by atoms with Crippen LogP contribution in [0.3, 0.4) is 0 Å². The number of rotatable bonds is 17. The van der Waals surface area contributed by atoms with Crippen molar-refractivity contribution in [2.75, 3.05) is 39.7 Å². The molecule has 8 rings (SSSR count). The van der Waals surface area contributed by atoms with Crippen molar-refractivity contribution in [1.82, 2.24) is 39.4 Å². The number of amides is 2. The molecule has 1 saturated heterocycles. The number of sulfonamides is 1. The molecular weight excluding hydrogens is 1010 g/mol. The van der Waals surface area contributed by atoms with Crippen LogP contribution in [0.2, 0.25) is 0 Å². The van der Waals surface area contributed by atoms with Crippen LogP contribution in [0, 0.1) is 0 Å². The lowest BCUT2D eigenvalue weighted by molar-refractivity contribution is 0.0138. The number of ether oxygens (including phenoxy) is 5. The highest BCUT2D eigenvalue weighted by atomic mass is 32.2. The van der Waals surface area contributed by atoms with Gasteiger partial charge < -0.3 is 28.6 Å². The van der Waals surface area contributed by atoms with Gasteiger partial charge in [-0.3, -0.25) is 10.3 Å². The van der Waals surface area contributed by atoms with Crippen molar-refractivity contribution >= 4 is 37.9 Å². The van der Waals surface area contributed by atoms with Crippen molar-refractivity contribution in [3.63, 3.8) is 0 Å². The zero-order valence-corrected chi connectivity index (χ0v) is 45.2. The fourth-order valence-electron chi connectivity index (χ4n) is 8.15. The zero-order chi connectivity index (χ0) is 54.6. The molecule has 1 N–H and O–H groups in total. The monoisotopic (exact) mass is 1070 g/mol. The van der Waals surface area contributed by atoms with Crippen LogP contribution in [-0.4, -0.2) is 119 Å². The van der Waals surface area contributed by atoms with E-state index in [4.69, 9.17) is 28.8 Å². The molecule has 4 aromatic carbocycles. The molecule has 4 heterocycles. The second kappa shape index (κ2) is 22.1. The summed E-state index contributed by atoms with van der Waals surface area (Å²) in [6.45, 7) is 9.43. The van der Waals surface area contributed by atoms with Gasteiger partial charge in [0.2, 0.25) is 15.8 Å². The fraction of sp³-hybridized carbons (Fsp3) is 0.315. The summed E-state index contributed by atoms with van der Waals surface area (Å²) in [5, 5.41) is 15.0. The number of anilines is 1. The number of likely N-dealkylation sites (tertiary alicyclic amines) is 1. The molecule has 20 nitrogen and oxygen atoms in total. The number of hydrogen-bond donors (Lipinski definition) is 1. The minimum Gasteiger partial charge on any atom is -0.497 e. The van der Waals surface area contributed by atoms with Crippen molar-refractivity contribution < 1.29 is 50.1 Å². The van der Waals surface area contributed by atoms with Crippen LogP contribution in [-0.2, 0) is 49.0 Å². The van der Waals surface area contributed by atoms with Gasteiger partial charge >= 0.3 is 12.2 Å². The predicted molar refractivity (Wildman–Crippen MR) is 283 cm³/mol. The van der Waals surface area contributed by atoms with Crippen molar-refractivity contribution in [3.8, 4) is 51.0 Å². The second-order valence-electron chi connectivity index (χ2n) is 19.8. The average molecular weight is 1070 g/mol. The van der Waals surface area contributed by atoms with E-state index in [1.165, 1.54) is 52.7 Å². The number of nitrogens with zero attached hydrogens (tertiary/aromatic N) is 8. The average Bonchev–Trinajstić information content (AvgIpc) is 3.83. The Morgan fingerprint density at radius 1 is 0.671 bits per heavy atom. The van der Waals surface area contributed by atoms with E-state index in [9.17, 15) is 9.59 Å². The van der Waals surface area contributed by atoms with Gasteiger partial charge in [-0.1, -0.05) is 42.5 Å². The van der Waals surface area contributed by atoms with E-state index in [0.717, 1.165) is 5.56 Å². The largest absolute Gasteiger partial charge is 0.497 e. The predicted octanol–water partition coefficient (Wildman–Crippen LogP) is 8.67. The number of pyridine rings is 2. The summed E-state index contributed by atoms with van der Waals surface area (Å²) in [5.41, 5.74) is 1.59. The molecule has 0 unspecified atom stereocenters. The first-order valence-electron chi connectivity index (χ1n) is 24.0. The number of carbonyl (C=O) groups is 2. The zero-order valence-electron chi connectivity index (χ0n) is 43.5. The maximum Gasteiger partial charge on any atom is 0.413 e. The van der Waals surface area contributed by atoms with Crippen LogP contribution in [0.1, 0.15) is 58.2 Å². The third kappa shape index (κ3) is 12.8. The Kier molecular flexibility index (Phi) is 15.8. The number of tetrazole rings is 1. The van der Waals surface area contributed by atoms with Gasteiger partial charge in [-0.25, -0.2) is 31.4 Å². The molecule has 2 amide bonds. The topological polar surface area (TPSA) is 236 Å². The summed E-state index contributed by atoms with van der Waals surface area (Å²) in [5.74, 6) is 1.68. The maximum absolute atomic E-state index is 16.3. The van der Waals surface area contributed by atoms with Crippen molar-refractivity contribution in [2.45, 2.75) is 87.4 Å². The van der Waals surface area contributed by atoms with Gasteiger partial charge in [0.15, 0.2) is 9.84 Å². The summed E-state index contributed by atoms with van der Waals surface area (Å²) < 4.78 is 91.7. The first-order chi connectivity index (χ1) is 36.0. The van der Waals surface area contributed by atoms with Crippen LogP contribution in [0.5, 0.6) is 17.2 Å². The number of hydrogen-bond acceptors (Lipinski definition) is 16. The molecule has 22 heteroatoms. The van der Waals surface area contributed by atoms with Gasteiger partial charge in [0.1, 0.15) is 44.4 Å². The lowest BCUT2D eigenvalue weighted by Gasteiger charge is -2.39. The first-order valence-corrected chi connectivity index (χ1v) is 27.0. The van der Waals surface area contributed by atoms with E-state index < -0.39 is 58.3 Å². The van der Waals surface area contributed by atoms with Gasteiger partial charge in [-0.2, -0.15) is 9.10 Å². The SMILES string of the molecule is COc1ccc(CN(Cc2ccc(OC)cc2)S(=O)(=O)c2c(S(=O)(=O)C3CN(C(=O)OC(C)(C)C)C3)ccc(-c3ccnc(-c4ccnc(NC(=O)OC(C)(C)C)c4)c3)c2-c2nnn(Cc3ccc(OC)cc3)n2)cc1. The molecule has 0 atom stereocenters. The molecule has 7 aromatic rings. The van der Waals surface area contributed by atoms with E-state index in [-0.39, 0.29) is 55.5 Å². The highest BCUT2D eigenvalue weighted by molar-refractivity contribution is 7.94. The number of nitrogens with one attached hydrogen (secondary N) is 1. The fourth-order valence-corrected chi connectivity index (χ4v) is 12.2. The molecule has 0 saturated carbocycles. The molecule has 0 spiro atoms. The smallest absolute Gasteiger partial charge is 0.413 e. The summed E-state index contributed by atoms with van der Waals surface area (Å²) in [6, 6.07) is 30.3. The molecule has 398 valence electrons. The summed E-state index contributed by atoms with van der Waals surface area (Å²) in [7, 11) is -5.03. The lowest BCUT2D eigenvalue weighted by Crippen LogP contribution is -2.57. The summed E-state index contributed by atoms with van der Waals surface area (Å²) in [4.78, 5) is 36.2. The minimum atomic E-state index is -4.99. The number of methoxy groups -OCH3 is 3. The van der Waals surface area contributed by atoms with Gasteiger partial charge in [0.25, 0.3) is 0 Å². The first kappa shape index (κ1) is 54.3. The Labute approximate surface area is 441 Å². The quantitative estimate of drug-likeness (QED) is 0.0898. The molecule has 0 bridgehead atoms. The van der Waals surface area contributed by atoms with Gasteiger partial charge in [0.05, 0.1) is 44.0 Å². The van der Waals surface area contributed by atoms with Crippen molar-refractivity contribution in [2.24, 2.45) is 0 Å². The number of sulfone groups is 1. The van der Waals surface area contributed by atoms with Crippen molar-refractivity contribution in [1.29, 1.82) is 0 Å². The van der Waals surface area contributed by atoms with E-state index in [1.807, 2.05) is 12.1 Å². The van der Waals surface area contributed by atoms with Crippen LogP contribution < -0.4 is 19.5 Å². The number of carbonyl (C=O) groups excluding carboxylic acids is 2. The third-order valence-electron chi connectivity index (χ3n) is 11.9. The Morgan fingerprint density at radius 2 is 1.21 bits per heavy atom. The molecule has 0 aliphatic carbocycles. The molecule has 1 aliphatic heterocycles. The van der Waals surface area contributed by atoms with E-state index in [1.54, 1.807) is 134 Å². The van der Waals surface area contributed by atoms with Crippen LogP contribution >= 0.6 is 0 Å². The van der Waals surface area contributed by atoms with Crippen LogP contribution in [0.25, 0.3) is 33.8 Å². The molecule has 3 aromatic heterocycles. The second-order valence-corrected chi connectivity index (χ2v) is 23.9. The van der Waals surface area contributed by atoms with E-state index >= 15 is 16.8 Å². The normalized spacial score (nSPS) is 13.2. The highest BCUT2D eigenvalue weighted by Crippen LogP contribution is 2.44. The highest BCUT2D eigenvalue weighted by Gasteiger charge is 2.46. The standard InChI is InChI=1S/C54H59N9O11S2/c1-53(2,3)73-51(64)57-47-29-39(25-27-56-47)45-28-38(24-26-55-45)44-22-23-46(75(66,67)43-33-61(34-43)52(65)74-54(4,5)6)49(48(44)50-58-60-63(59-50)32-37-14-20-42(72-9)21-15-37)76(68,69)62(30-35-10-16-40(70-7)17-11-35)31-36-12-18-41(71-8)19-13-36/h10-29,43H,30-34H2,1-9H3,(H,56,57,64). The van der Waals surface area contributed by atoms with Gasteiger partial charge in [0, 0.05) is 44.1 Å². The van der Waals surface area contributed by atoms with Gasteiger partial charge in [-0.15, -0.1) is 10.2 Å². The van der Waals surface area contributed by atoms with Crippen molar-refractivity contribution in [3.05, 3.63) is 138 Å². The molecular formula is C54H59N9O11S2. The molecule has 1 fully saturated rings. The Hall–Kier alpha value is -7.95. The minimum absolute atomic E-state index is 0.0944. The van der Waals surface area contributed by atoms with Crippen LogP contribution in [0.4, 0.5) is 15.4 Å². The summed E-state index contributed by atoms with van der Waals surface area (Å²) >= 11 is 0. The van der Waals surface area contributed by atoms with E-state index in [2.05, 4.69) is 25.6 Å². The van der Waals surface area contributed by atoms with Gasteiger partial charge in [-0.05, 0) is 141 Å². The Morgan fingerprint density at radius 3 is 1.76 bits per heavy atom. The Balaban J connectivity index is 1.35. The lowest BCUT2D eigenvalue weighted by atomic mass is 9.98. The Bertz CT molecular complexity index is 3400. The number of benzene rings is 4. The third-order valence-corrected chi connectivity index (χ3v) is 16.1. The number of aromatic nitrogens is 6. The van der Waals surface area contributed by atoms with E-state index in [0.29, 0.717) is 45.2 Å². The summed E-state index contributed by atoms with van der Waals surface area (Å²) in [6.07, 6.45) is 1.58. The van der Waals surface area contributed by atoms with Crippen LogP contribution in [0.15, 0.2) is 131 Å².